The molecule has 3 N–H and O–H groups in total. The van der Waals surface area contributed by atoms with Gasteiger partial charge in [0, 0.05) is 11.6 Å². The number of carbonyl (C=O) groups excluding carboxylic acids is 1. The molecule has 0 spiro atoms. The topological polar surface area (TPSA) is 85.8 Å². The summed E-state index contributed by atoms with van der Waals surface area (Å²) in [5.41, 5.74) is 2.00. The summed E-state index contributed by atoms with van der Waals surface area (Å²) in [5, 5.41) is 12.0. The molecule has 1 fully saturated rings. The van der Waals surface area contributed by atoms with E-state index in [1.807, 2.05) is 24.3 Å². The third-order valence-corrected chi connectivity index (χ3v) is 5.61. The summed E-state index contributed by atoms with van der Waals surface area (Å²) < 4.78 is 1.56. The molecule has 134 valence electrons. The highest BCUT2D eigenvalue weighted by molar-refractivity contribution is 7.99. The first-order valence-corrected chi connectivity index (χ1v) is 9.88. The number of nitrogen functional groups attached to an aromatic ring is 1. The highest BCUT2D eigenvalue weighted by Crippen LogP contribution is 2.32. The van der Waals surface area contributed by atoms with Gasteiger partial charge in [0.1, 0.15) is 0 Å². The number of benzene rings is 1. The second-order valence-corrected chi connectivity index (χ2v) is 7.34. The van der Waals surface area contributed by atoms with Crippen molar-refractivity contribution in [2.75, 3.05) is 16.9 Å². The van der Waals surface area contributed by atoms with E-state index in [0.29, 0.717) is 11.1 Å². The number of rotatable bonds is 6. The molecule has 25 heavy (non-hydrogen) atoms. The molecule has 0 unspecified atom stereocenters. The minimum absolute atomic E-state index is 0.0619. The number of anilines is 1. The lowest BCUT2D eigenvalue weighted by molar-refractivity contribution is -0.113. The maximum absolute atomic E-state index is 12.2. The maximum Gasteiger partial charge on any atom is 0.234 e. The van der Waals surface area contributed by atoms with Gasteiger partial charge < -0.3 is 11.2 Å². The Morgan fingerprint density at radius 2 is 2.04 bits per heavy atom. The van der Waals surface area contributed by atoms with Gasteiger partial charge in [-0.25, -0.2) is 4.68 Å². The third-order valence-electron chi connectivity index (χ3n) is 4.67. The van der Waals surface area contributed by atoms with Crippen molar-refractivity contribution >= 4 is 23.4 Å². The normalized spacial score (nSPS) is 15.2. The number of aryl methyl sites for hydroxylation is 1. The highest BCUT2D eigenvalue weighted by atomic mass is 32.2. The van der Waals surface area contributed by atoms with Crippen LogP contribution in [0, 0.1) is 0 Å². The molecule has 0 bridgehead atoms. The number of amides is 1. The number of nitrogens with two attached hydrogens (primary N) is 1. The average Bonchev–Trinajstić information content (AvgIpc) is 3.02. The molecular formula is C18H25N5OS. The standard InChI is InChI=1S/C18H25N5OS/c1-2-13-8-6-7-11-15(13)20-16(24)12-25-18-22-21-17(23(18)19)14-9-4-3-5-10-14/h6-8,11,14H,2-5,9-10,12,19H2,1H3,(H,20,24). The van der Waals surface area contributed by atoms with Gasteiger partial charge >= 0.3 is 0 Å². The monoisotopic (exact) mass is 359 g/mol. The van der Waals surface area contributed by atoms with Crippen LogP contribution in [-0.4, -0.2) is 26.5 Å². The predicted octanol–water partition coefficient (Wildman–Crippen LogP) is 3.33. The fraction of sp³-hybridized carbons (Fsp3) is 0.500. The van der Waals surface area contributed by atoms with E-state index < -0.39 is 0 Å². The van der Waals surface area contributed by atoms with Crippen LogP contribution in [0.15, 0.2) is 29.4 Å². The van der Waals surface area contributed by atoms with Gasteiger partial charge in [0.2, 0.25) is 11.1 Å². The summed E-state index contributed by atoms with van der Waals surface area (Å²) in [6, 6.07) is 7.85. The lowest BCUT2D eigenvalue weighted by Gasteiger charge is -2.20. The SMILES string of the molecule is CCc1ccccc1NC(=O)CSc1nnc(C2CCCCC2)n1N. The average molecular weight is 359 g/mol. The second-order valence-electron chi connectivity index (χ2n) is 6.39. The van der Waals surface area contributed by atoms with E-state index in [2.05, 4.69) is 22.4 Å². The van der Waals surface area contributed by atoms with Crippen molar-refractivity contribution < 1.29 is 4.79 Å². The molecule has 0 radical (unpaired) electrons. The van der Waals surface area contributed by atoms with Crippen LogP contribution < -0.4 is 11.2 Å². The number of para-hydroxylation sites is 1. The van der Waals surface area contributed by atoms with Crippen molar-refractivity contribution in [1.29, 1.82) is 0 Å². The Kier molecular flexibility index (Phi) is 5.96. The van der Waals surface area contributed by atoms with Gasteiger partial charge in [0.05, 0.1) is 5.75 Å². The zero-order valence-corrected chi connectivity index (χ0v) is 15.4. The molecule has 3 rings (SSSR count). The second kappa shape index (κ2) is 8.38. The number of aromatic nitrogens is 3. The van der Waals surface area contributed by atoms with Crippen molar-refractivity contribution in [2.45, 2.75) is 56.5 Å². The summed E-state index contributed by atoms with van der Waals surface area (Å²) in [7, 11) is 0. The summed E-state index contributed by atoms with van der Waals surface area (Å²) in [6.07, 6.45) is 6.85. The van der Waals surface area contributed by atoms with Crippen LogP contribution >= 0.6 is 11.8 Å². The Morgan fingerprint density at radius 1 is 1.28 bits per heavy atom. The molecule has 1 aromatic heterocycles. The van der Waals surface area contributed by atoms with Crippen LogP contribution in [0.2, 0.25) is 0 Å². The fourth-order valence-corrected chi connectivity index (χ4v) is 3.96. The molecule has 1 aliphatic carbocycles. The Morgan fingerprint density at radius 3 is 2.80 bits per heavy atom. The lowest BCUT2D eigenvalue weighted by Crippen LogP contribution is -2.20. The van der Waals surface area contributed by atoms with Crippen LogP contribution in [0.5, 0.6) is 0 Å². The van der Waals surface area contributed by atoms with Crippen LogP contribution in [-0.2, 0) is 11.2 Å². The molecule has 2 aromatic rings. The number of nitrogens with zero attached hydrogens (tertiary/aromatic N) is 3. The molecule has 6 nitrogen and oxygen atoms in total. The quantitative estimate of drug-likeness (QED) is 0.610. The highest BCUT2D eigenvalue weighted by Gasteiger charge is 2.22. The molecule has 1 heterocycles. The maximum atomic E-state index is 12.2. The van der Waals surface area contributed by atoms with E-state index in [1.165, 1.54) is 31.0 Å². The zero-order chi connectivity index (χ0) is 17.6. The summed E-state index contributed by atoms with van der Waals surface area (Å²) in [5.74, 6) is 7.60. The third kappa shape index (κ3) is 4.34. The number of carbonyl (C=O) groups is 1. The van der Waals surface area contributed by atoms with E-state index in [9.17, 15) is 4.79 Å². The van der Waals surface area contributed by atoms with E-state index in [4.69, 9.17) is 5.84 Å². The number of thioether (sulfide) groups is 1. The first kappa shape index (κ1) is 17.8. The van der Waals surface area contributed by atoms with Crippen molar-refractivity contribution in [2.24, 2.45) is 0 Å². The number of hydrogen-bond donors (Lipinski definition) is 2. The Bertz CT molecular complexity index is 724. The largest absolute Gasteiger partial charge is 0.336 e. The van der Waals surface area contributed by atoms with Gasteiger partial charge in [-0.1, -0.05) is 56.1 Å². The summed E-state index contributed by atoms with van der Waals surface area (Å²) >= 11 is 1.32. The first-order valence-electron chi connectivity index (χ1n) is 8.90. The van der Waals surface area contributed by atoms with Crippen molar-refractivity contribution in [3.05, 3.63) is 35.7 Å². The zero-order valence-electron chi connectivity index (χ0n) is 14.6. The number of nitrogens with one attached hydrogen (secondary N) is 1. The Hall–Kier alpha value is -2.02. The summed E-state index contributed by atoms with van der Waals surface area (Å²) in [4.78, 5) is 12.2. The predicted molar refractivity (Wildman–Crippen MR) is 101 cm³/mol. The van der Waals surface area contributed by atoms with Gasteiger partial charge in [0.15, 0.2) is 5.82 Å². The van der Waals surface area contributed by atoms with Crippen molar-refractivity contribution in [3.8, 4) is 0 Å². The van der Waals surface area contributed by atoms with Crippen LogP contribution in [0.1, 0.15) is 56.3 Å². The molecular weight excluding hydrogens is 334 g/mol. The van der Waals surface area contributed by atoms with Gasteiger partial charge in [-0.2, -0.15) is 0 Å². The molecule has 0 aliphatic heterocycles. The minimum Gasteiger partial charge on any atom is -0.336 e. The van der Waals surface area contributed by atoms with E-state index in [1.54, 1.807) is 4.68 Å². The minimum atomic E-state index is -0.0619. The molecule has 1 aliphatic rings. The van der Waals surface area contributed by atoms with Gasteiger partial charge in [0.25, 0.3) is 0 Å². The molecule has 1 amide bonds. The molecule has 0 atom stereocenters. The molecule has 7 heteroatoms. The van der Waals surface area contributed by atoms with E-state index in [-0.39, 0.29) is 11.7 Å². The first-order chi connectivity index (χ1) is 12.2. The van der Waals surface area contributed by atoms with Crippen LogP contribution in [0.3, 0.4) is 0 Å². The summed E-state index contributed by atoms with van der Waals surface area (Å²) in [6.45, 7) is 2.07. The Balaban J connectivity index is 1.58. The number of hydrogen-bond acceptors (Lipinski definition) is 5. The van der Waals surface area contributed by atoms with Gasteiger partial charge in [-0.3, -0.25) is 4.79 Å². The van der Waals surface area contributed by atoms with Crippen LogP contribution in [0.4, 0.5) is 5.69 Å². The van der Waals surface area contributed by atoms with Crippen molar-refractivity contribution in [3.63, 3.8) is 0 Å². The lowest BCUT2D eigenvalue weighted by atomic mass is 9.89. The molecule has 1 saturated carbocycles. The van der Waals surface area contributed by atoms with Crippen molar-refractivity contribution in [1.82, 2.24) is 14.9 Å². The van der Waals surface area contributed by atoms with Gasteiger partial charge in [-0.15, -0.1) is 10.2 Å². The molecule has 1 aromatic carbocycles. The Labute approximate surface area is 152 Å². The van der Waals surface area contributed by atoms with Gasteiger partial charge in [-0.05, 0) is 30.9 Å². The van der Waals surface area contributed by atoms with E-state index in [0.717, 1.165) is 36.3 Å². The molecule has 0 saturated heterocycles. The fourth-order valence-electron chi connectivity index (χ4n) is 3.29. The van der Waals surface area contributed by atoms with E-state index >= 15 is 0 Å². The smallest absolute Gasteiger partial charge is 0.234 e. The van der Waals surface area contributed by atoms with Crippen LogP contribution in [0.25, 0.3) is 0 Å².